The van der Waals surface area contributed by atoms with Gasteiger partial charge in [-0.2, -0.15) is 0 Å². The number of ether oxygens (including phenoxy) is 1. The van der Waals surface area contributed by atoms with Gasteiger partial charge < -0.3 is 19.9 Å². The van der Waals surface area contributed by atoms with E-state index in [2.05, 4.69) is 15.0 Å². The maximum Gasteiger partial charge on any atom is 0.337 e. The van der Waals surface area contributed by atoms with Crippen molar-refractivity contribution in [3.05, 3.63) is 53.7 Å². The van der Waals surface area contributed by atoms with Crippen LogP contribution in [0.15, 0.2) is 42.6 Å². The Morgan fingerprint density at radius 1 is 1.07 bits per heavy atom. The van der Waals surface area contributed by atoms with Crippen LogP contribution in [0.2, 0.25) is 0 Å². The number of anilines is 2. The molecule has 2 aromatic rings. The van der Waals surface area contributed by atoms with E-state index in [9.17, 15) is 14.4 Å². The smallest absolute Gasteiger partial charge is 0.337 e. The number of amides is 2. The number of carbonyl (C=O) groups excluding carboxylic acids is 3. The van der Waals surface area contributed by atoms with Gasteiger partial charge in [-0.05, 0) is 36.4 Å². The number of rotatable bonds is 5. The minimum Gasteiger partial charge on any atom is -0.465 e. The van der Waals surface area contributed by atoms with Crippen LogP contribution in [0, 0.1) is 0 Å². The fraction of sp³-hybridized carbons (Fsp3) is 0.263. The monoisotopic (exact) mass is 368 g/mol. The standard InChI is InChI=1S/C19H20N4O4/c1-27-19(26)14-2-4-16(5-3-14)21-18(25)15-6-7-20-17(12-15)23-10-8-22(13-24)9-11-23/h2-7,12-13H,8-11H2,1H3,(H,21,25). The predicted molar refractivity (Wildman–Crippen MR) is 99.8 cm³/mol. The minimum atomic E-state index is -0.429. The molecular weight excluding hydrogens is 348 g/mol. The van der Waals surface area contributed by atoms with Crippen molar-refractivity contribution in [2.45, 2.75) is 0 Å². The van der Waals surface area contributed by atoms with Crippen molar-refractivity contribution in [2.24, 2.45) is 0 Å². The Hall–Kier alpha value is -3.42. The fourth-order valence-electron chi connectivity index (χ4n) is 2.80. The molecule has 3 rings (SSSR count). The molecule has 0 radical (unpaired) electrons. The van der Waals surface area contributed by atoms with Crippen LogP contribution >= 0.6 is 0 Å². The lowest BCUT2D eigenvalue weighted by Gasteiger charge is -2.33. The number of pyridine rings is 1. The van der Waals surface area contributed by atoms with Gasteiger partial charge in [0.2, 0.25) is 6.41 Å². The van der Waals surface area contributed by atoms with E-state index in [0.29, 0.717) is 48.8 Å². The Bertz CT molecular complexity index is 830. The van der Waals surface area contributed by atoms with Gasteiger partial charge in [0.25, 0.3) is 5.91 Å². The first-order valence-electron chi connectivity index (χ1n) is 8.51. The highest BCUT2D eigenvalue weighted by molar-refractivity contribution is 6.04. The summed E-state index contributed by atoms with van der Waals surface area (Å²) in [7, 11) is 1.32. The molecule has 140 valence electrons. The Balaban J connectivity index is 1.67. The van der Waals surface area contributed by atoms with Crippen LogP contribution in [0.25, 0.3) is 0 Å². The highest BCUT2D eigenvalue weighted by Crippen LogP contribution is 2.17. The summed E-state index contributed by atoms with van der Waals surface area (Å²) in [5, 5.41) is 2.80. The van der Waals surface area contributed by atoms with Gasteiger partial charge in [0.15, 0.2) is 0 Å². The van der Waals surface area contributed by atoms with Gasteiger partial charge in [0.05, 0.1) is 12.7 Å². The van der Waals surface area contributed by atoms with E-state index in [4.69, 9.17) is 0 Å². The summed E-state index contributed by atoms with van der Waals surface area (Å²) >= 11 is 0. The highest BCUT2D eigenvalue weighted by atomic mass is 16.5. The van der Waals surface area contributed by atoms with Crippen LogP contribution in [0.4, 0.5) is 11.5 Å². The lowest BCUT2D eigenvalue weighted by molar-refractivity contribution is -0.118. The summed E-state index contributed by atoms with van der Waals surface area (Å²) < 4.78 is 4.65. The Labute approximate surface area is 156 Å². The van der Waals surface area contributed by atoms with E-state index < -0.39 is 5.97 Å². The summed E-state index contributed by atoms with van der Waals surface area (Å²) in [5.74, 6) is 0.00608. The summed E-state index contributed by atoms with van der Waals surface area (Å²) in [4.78, 5) is 42.9. The molecular formula is C19H20N4O4. The Morgan fingerprint density at radius 2 is 1.78 bits per heavy atom. The number of esters is 1. The highest BCUT2D eigenvalue weighted by Gasteiger charge is 2.18. The molecule has 2 amide bonds. The molecule has 1 aromatic heterocycles. The molecule has 8 nitrogen and oxygen atoms in total. The molecule has 0 aliphatic carbocycles. The molecule has 0 unspecified atom stereocenters. The van der Waals surface area contributed by atoms with E-state index in [1.54, 1.807) is 47.5 Å². The molecule has 0 saturated carbocycles. The lowest BCUT2D eigenvalue weighted by atomic mass is 10.2. The van der Waals surface area contributed by atoms with Gasteiger partial charge in [-0.1, -0.05) is 0 Å². The van der Waals surface area contributed by atoms with Gasteiger partial charge in [0.1, 0.15) is 5.82 Å². The molecule has 1 N–H and O–H groups in total. The number of aromatic nitrogens is 1. The average molecular weight is 368 g/mol. The third-order valence-electron chi connectivity index (χ3n) is 4.36. The number of hydrogen-bond acceptors (Lipinski definition) is 6. The van der Waals surface area contributed by atoms with Gasteiger partial charge in [0, 0.05) is 43.6 Å². The quantitative estimate of drug-likeness (QED) is 0.634. The number of methoxy groups -OCH3 is 1. The largest absolute Gasteiger partial charge is 0.465 e. The summed E-state index contributed by atoms with van der Waals surface area (Å²) in [5.41, 5.74) is 1.47. The zero-order valence-electron chi connectivity index (χ0n) is 14.9. The molecule has 1 aromatic carbocycles. The second kappa shape index (κ2) is 8.31. The van der Waals surface area contributed by atoms with E-state index in [1.165, 1.54) is 7.11 Å². The lowest BCUT2D eigenvalue weighted by Crippen LogP contribution is -2.46. The van der Waals surface area contributed by atoms with Crippen molar-refractivity contribution >= 4 is 29.8 Å². The van der Waals surface area contributed by atoms with Crippen molar-refractivity contribution in [1.29, 1.82) is 0 Å². The Kier molecular flexibility index (Phi) is 5.65. The molecule has 0 atom stereocenters. The van der Waals surface area contributed by atoms with Crippen LogP contribution < -0.4 is 10.2 Å². The molecule has 2 heterocycles. The summed E-state index contributed by atoms with van der Waals surface area (Å²) in [6.07, 6.45) is 2.44. The number of benzene rings is 1. The Morgan fingerprint density at radius 3 is 2.41 bits per heavy atom. The number of piperazine rings is 1. The van der Waals surface area contributed by atoms with Crippen molar-refractivity contribution in [1.82, 2.24) is 9.88 Å². The first-order valence-corrected chi connectivity index (χ1v) is 8.51. The van der Waals surface area contributed by atoms with Crippen molar-refractivity contribution < 1.29 is 19.1 Å². The van der Waals surface area contributed by atoms with E-state index in [-0.39, 0.29) is 5.91 Å². The fourth-order valence-corrected chi connectivity index (χ4v) is 2.80. The summed E-state index contributed by atoms with van der Waals surface area (Å²) in [6, 6.07) is 9.84. The van der Waals surface area contributed by atoms with Crippen molar-refractivity contribution in [3.63, 3.8) is 0 Å². The van der Waals surface area contributed by atoms with E-state index >= 15 is 0 Å². The SMILES string of the molecule is COC(=O)c1ccc(NC(=O)c2ccnc(N3CCN(C=O)CC3)c2)cc1. The number of carbonyl (C=O) groups is 3. The van der Waals surface area contributed by atoms with Gasteiger partial charge in [-0.25, -0.2) is 9.78 Å². The first kappa shape index (κ1) is 18.4. The number of hydrogen-bond donors (Lipinski definition) is 1. The first-order chi connectivity index (χ1) is 13.1. The van der Waals surface area contributed by atoms with Crippen molar-refractivity contribution in [3.8, 4) is 0 Å². The zero-order chi connectivity index (χ0) is 19.2. The third kappa shape index (κ3) is 4.41. The van der Waals surface area contributed by atoms with Gasteiger partial charge in [-0.3, -0.25) is 9.59 Å². The second-order valence-corrected chi connectivity index (χ2v) is 6.05. The normalized spacial score (nSPS) is 13.8. The van der Waals surface area contributed by atoms with E-state index in [0.717, 1.165) is 6.41 Å². The number of nitrogens with one attached hydrogen (secondary N) is 1. The molecule has 1 fully saturated rings. The van der Waals surface area contributed by atoms with Crippen molar-refractivity contribution in [2.75, 3.05) is 43.5 Å². The summed E-state index contributed by atoms with van der Waals surface area (Å²) in [6.45, 7) is 2.61. The topological polar surface area (TPSA) is 91.8 Å². The van der Waals surface area contributed by atoms with Gasteiger partial charge in [-0.15, -0.1) is 0 Å². The zero-order valence-corrected chi connectivity index (χ0v) is 14.9. The minimum absolute atomic E-state index is 0.268. The molecule has 0 bridgehead atoms. The van der Waals surface area contributed by atoms with Crippen LogP contribution in [0.1, 0.15) is 20.7 Å². The molecule has 0 spiro atoms. The maximum atomic E-state index is 12.5. The van der Waals surface area contributed by atoms with Crippen LogP contribution in [-0.2, 0) is 9.53 Å². The third-order valence-corrected chi connectivity index (χ3v) is 4.36. The van der Waals surface area contributed by atoms with Crippen LogP contribution in [0.3, 0.4) is 0 Å². The predicted octanol–water partition coefficient (Wildman–Crippen LogP) is 1.40. The molecule has 1 saturated heterocycles. The number of nitrogens with zero attached hydrogens (tertiary/aromatic N) is 3. The molecule has 8 heteroatoms. The van der Waals surface area contributed by atoms with E-state index in [1.807, 2.05) is 4.90 Å². The average Bonchev–Trinajstić information content (AvgIpc) is 2.74. The second-order valence-electron chi connectivity index (χ2n) is 6.05. The molecule has 27 heavy (non-hydrogen) atoms. The van der Waals surface area contributed by atoms with Crippen LogP contribution in [-0.4, -0.2) is 61.5 Å². The van der Waals surface area contributed by atoms with Gasteiger partial charge >= 0.3 is 5.97 Å². The maximum absolute atomic E-state index is 12.5. The molecule has 1 aliphatic heterocycles. The molecule has 1 aliphatic rings. The van der Waals surface area contributed by atoms with Crippen LogP contribution in [0.5, 0.6) is 0 Å².